The number of hydrogen-bond acceptors (Lipinski definition) is 4. The van der Waals surface area contributed by atoms with E-state index in [1.165, 1.54) is 4.90 Å². The number of rotatable bonds is 6. The van der Waals surface area contributed by atoms with Gasteiger partial charge in [-0.15, -0.1) is 11.8 Å². The fourth-order valence-electron chi connectivity index (χ4n) is 2.80. The van der Waals surface area contributed by atoms with Crippen molar-refractivity contribution in [2.45, 2.75) is 30.3 Å². The molecule has 1 amide bonds. The van der Waals surface area contributed by atoms with E-state index >= 15 is 0 Å². The molecule has 4 nitrogen and oxygen atoms in total. The molecule has 1 aromatic heterocycles. The van der Waals surface area contributed by atoms with E-state index in [0.29, 0.717) is 13.0 Å². The second-order valence-electron chi connectivity index (χ2n) is 5.82. The van der Waals surface area contributed by atoms with E-state index in [2.05, 4.69) is 17.1 Å². The van der Waals surface area contributed by atoms with Gasteiger partial charge in [0.05, 0.1) is 6.54 Å². The van der Waals surface area contributed by atoms with E-state index in [-0.39, 0.29) is 12.0 Å². The molecule has 2 aromatic rings. The number of thioether (sulfide) groups is 1. The lowest BCUT2D eigenvalue weighted by atomic mass is 10.1. The van der Waals surface area contributed by atoms with Gasteiger partial charge in [0.25, 0.3) is 0 Å². The average molecular weight is 342 g/mol. The quantitative estimate of drug-likeness (QED) is 0.752. The van der Waals surface area contributed by atoms with Crippen LogP contribution < -0.4 is 4.74 Å². The molecule has 24 heavy (non-hydrogen) atoms. The number of carbonyl (C=O) groups is 1. The first kappa shape index (κ1) is 16.8. The summed E-state index contributed by atoms with van der Waals surface area (Å²) in [5, 5.41) is 0. The van der Waals surface area contributed by atoms with Crippen LogP contribution in [0, 0.1) is 0 Å². The van der Waals surface area contributed by atoms with Crippen molar-refractivity contribution in [3.63, 3.8) is 0 Å². The Kier molecular flexibility index (Phi) is 6.13. The Hall–Kier alpha value is -2.01. The van der Waals surface area contributed by atoms with Gasteiger partial charge in [0.2, 0.25) is 5.91 Å². The second kappa shape index (κ2) is 8.73. The minimum absolute atomic E-state index is 0.0758. The van der Waals surface area contributed by atoms with Crippen molar-refractivity contribution < 1.29 is 9.53 Å². The lowest BCUT2D eigenvalue weighted by molar-refractivity contribution is -0.133. The molecule has 1 aromatic carbocycles. The van der Waals surface area contributed by atoms with Gasteiger partial charge in [-0.3, -0.25) is 9.78 Å². The van der Waals surface area contributed by atoms with Crippen LogP contribution in [0.15, 0.2) is 59.8 Å². The van der Waals surface area contributed by atoms with Crippen LogP contribution in [0.3, 0.4) is 0 Å². The molecule has 0 N–H and O–H groups in total. The van der Waals surface area contributed by atoms with Crippen LogP contribution >= 0.6 is 11.8 Å². The number of carbonyl (C=O) groups excluding carboxylic acids is 1. The molecule has 3 rings (SSSR count). The molecule has 1 fully saturated rings. The molecule has 1 aliphatic rings. The zero-order valence-corrected chi connectivity index (χ0v) is 14.5. The van der Waals surface area contributed by atoms with Gasteiger partial charge in [-0.2, -0.15) is 0 Å². The van der Waals surface area contributed by atoms with E-state index < -0.39 is 0 Å². The summed E-state index contributed by atoms with van der Waals surface area (Å²) >= 11 is 1.73. The zero-order valence-electron chi connectivity index (χ0n) is 13.6. The van der Waals surface area contributed by atoms with Crippen LogP contribution in [0.4, 0.5) is 0 Å². The SMILES string of the molecule is O=C(CCSc1ccccc1)N1CCCC(Oc2ccncc2)C1. The summed E-state index contributed by atoms with van der Waals surface area (Å²) in [6.45, 7) is 1.52. The van der Waals surface area contributed by atoms with Crippen molar-refractivity contribution in [3.05, 3.63) is 54.9 Å². The fourth-order valence-corrected chi connectivity index (χ4v) is 3.66. The molecule has 2 heterocycles. The van der Waals surface area contributed by atoms with Crippen molar-refractivity contribution in [2.24, 2.45) is 0 Å². The first-order valence-corrected chi connectivity index (χ1v) is 9.32. The third-order valence-electron chi connectivity index (χ3n) is 4.01. The van der Waals surface area contributed by atoms with Crippen LogP contribution in [-0.2, 0) is 4.79 Å². The van der Waals surface area contributed by atoms with Crippen molar-refractivity contribution in [2.75, 3.05) is 18.8 Å². The Labute approximate surface area is 147 Å². The molecule has 1 saturated heterocycles. The number of amides is 1. The molecule has 5 heteroatoms. The number of aromatic nitrogens is 1. The van der Waals surface area contributed by atoms with Gasteiger partial charge >= 0.3 is 0 Å². The third kappa shape index (κ3) is 4.99. The van der Waals surface area contributed by atoms with Gasteiger partial charge in [-0.1, -0.05) is 18.2 Å². The van der Waals surface area contributed by atoms with Gasteiger partial charge < -0.3 is 9.64 Å². The van der Waals surface area contributed by atoms with Crippen molar-refractivity contribution >= 4 is 17.7 Å². The van der Waals surface area contributed by atoms with E-state index in [1.54, 1.807) is 24.2 Å². The highest BCUT2D eigenvalue weighted by atomic mass is 32.2. The van der Waals surface area contributed by atoms with Crippen molar-refractivity contribution in [1.29, 1.82) is 0 Å². The molecule has 0 saturated carbocycles. The average Bonchev–Trinajstić information content (AvgIpc) is 2.64. The van der Waals surface area contributed by atoms with E-state index in [9.17, 15) is 4.79 Å². The summed E-state index contributed by atoms with van der Waals surface area (Å²) in [7, 11) is 0. The predicted molar refractivity (Wildman–Crippen MR) is 96.3 cm³/mol. The molecule has 1 atom stereocenters. The zero-order chi connectivity index (χ0) is 16.6. The van der Waals surface area contributed by atoms with E-state index in [1.807, 2.05) is 35.2 Å². The normalized spacial score (nSPS) is 17.5. The Morgan fingerprint density at radius 3 is 2.79 bits per heavy atom. The Balaban J connectivity index is 1.44. The Bertz CT molecular complexity index is 636. The number of hydrogen-bond donors (Lipinski definition) is 0. The molecular formula is C19H22N2O2S. The van der Waals surface area contributed by atoms with Gasteiger partial charge in [-0.05, 0) is 37.1 Å². The summed E-state index contributed by atoms with van der Waals surface area (Å²) in [4.78, 5) is 19.6. The highest BCUT2D eigenvalue weighted by Gasteiger charge is 2.24. The highest BCUT2D eigenvalue weighted by molar-refractivity contribution is 7.99. The second-order valence-corrected chi connectivity index (χ2v) is 6.98. The number of pyridine rings is 1. The first-order valence-electron chi connectivity index (χ1n) is 8.33. The smallest absolute Gasteiger partial charge is 0.223 e. The van der Waals surface area contributed by atoms with Crippen molar-refractivity contribution in [1.82, 2.24) is 9.88 Å². The topological polar surface area (TPSA) is 42.4 Å². The molecule has 0 aliphatic carbocycles. The van der Waals surface area contributed by atoms with Gasteiger partial charge in [0.1, 0.15) is 11.9 Å². The molecule has 0 bridgehead atoms. The summed E-state index contributed by atoms with van der Waals surface area (Å²) in [6, 6.07) is 13.9. The van der Waals surface area contributed by atoms with Gasteiger partial charge in [0.15, 0.2) is 0 Å². The number of likely N-dealkylation sites (tertiary alicyclic amines) is 1. The Morgan fingerprint density at radius 1 is 1.21 bits per heavy atom. The van der Waals surface area contributed by atoms with Gasteiger partial charge in [-0.25, -0.2) is 0 Å². The summed E-state index contributed by atoms with van der Waals surface area (Å²) < 4.78 is 5.97. The highest BCUT2D eigenvalue weighted by Crippen LogP contribution is 2.21. The number of nitrogens with zero attached hydrogens (tertiary/aromatic N) is 2. The number of ether oxygens (including phenoxy) is 1. The first-order chi connectivity index (χ1) is 11.8. The summed E-state index contributed by atoms with van der Waals surface area (Å²) in [6.07, 6.45) is 6.08. The molecular weight excluding hydrogens is 320 g/mol. The summed E-state index contributed by atoms with van der Waals surface area (Å²) in [5.74, 6) is 1.86. The van der Waals surface area contributed by atoms with E-state index in [4.69, 9.17) is 4.74 Å². The molecule has 0 radical (unpaired) electrons. The maximum absolute atomic E-state index is 12.4. The maximum Gasteiger partial charge on any atom is 0.223 e. The predicted octanol–water partition coefficient (Wildman–Crippen LogP) is 3.63. The largest absolute Gasteiger partial charge is 0.488 e. The van der Waals surface area contributed by atoms with E-state index in [0.717, 1.165) is 30.9 Å². The van der Waals surface area contributed by atoms with Gasteiger partial charge in [0, 0.05) is 36.0 Å². The summed E-state index contributed by atoms with van der Waals surface area (Å²) in [5.41, 5.74) is 0. The lowest BCUT2D eigenvalue weighted by Crippen LogP contribution is -2.44. The third-order valence-corrected chi connectivity index (χ3v) is 5.02. The minimum atomic E-state index is 0.0758. The van der Waals surface area contributed by atoms with Crippen LogP contribution in [0.1, 0.15) is 19.3 Å². The molecule has 1 unspecified atom stereocenters. The van der Waals surface area contributed by atoms with Crippen LogP contribution in [0.2, 0.25) is 0 Å². The van der Waals surface area contributed by atoms with Crippen molar-refractivity contribution in [3.8, 4) is 5.75 Å². The monoisotopic (exact) mass is 342 g/mol. The standard InChI is InChI=1S/C19H22N2O2S/c22-19(10-14-24-18-6-2-1-3-7-18)21-13-4-5-17(15-21)23-16-8-11-20-12-9-16/h1-3,6-9,11-12,17H,4-5,10,13-15H2. The lowest BCUT2D eigenvalue weighted by Gasteiger charge is -2.33. The molecule has 0 spiro atoms. The molecule has 1 aliphatic heterocycles. The number of piperidine rings is 1. The minimum Gasteiger partial charge on any atom is -0.488 e. The molecule has 126 valence electrons. The Morgan fingerprint density at radius 2 is 2.00 bits per heavy atom. The van der Waals surface area contributed by atoms with Crippen LogP contribution in [0.25, 0.3) is 0 Å². The van der Waals surface area contributed by atoms with Crippen LogP contribution in [0.5, 0.6) is 5.75 Å². The fraction of sp³-hybridized carbons (Fsp3) is 0.368. The number of benzene rings is 1. The maximum atomic E-state index is 12.4. The van der Waals surface area contributed by atoms with Crippen LogP contribution in [-0.4, -0.2) is 40.7 Å².